The summed E-state index contributed by atoms with van der Waals surface area (Å²) in [6.45, 7) is 6.19. The number of benzene rings is 1. The fraction of sp³-hybridized carbons (Fsp3) is 0.368. The molecule has 0 bridgehead atoms. The highest BCUT2D eigenvalue weighted by molar-refractivity contribution is 5.52. The summed E-state index contributed by atoms with van der Waals surface area (Å²) < 4.78 is 19.0. The number of hydrogen-bond donors (Lipinski definition) is 0. The van der Waals surface area contributed by atoms with Crippen LogP contribution in [0.2, 0.25) is 0 Å². The average Bonchev–Trinajstić information content (AvgIpc) is 3.17. The second kappa shape index (κ2) is 7.79. The van der Waals surface area contributed by atoms with Gasteiger partial charge in [0.15, 0.2) is 0 Å². The molecule has 4 rings (SSSR count). The van der Waals surface area contributed by atoms with Crippen molar-refractivity contribution in [2.45, 2.75) is 19.9 Å². The number of aromatic nitrogens is 4. The minimum Gasteiger partial charge on any atom is -0.419 e. The van der Waals surface area contributed by atoms with Gasteiger partial charge in [0.25, 0.3) is 0 Å². The summed E-state index contributed by atoms with van der Waals surface area (Å²) in [6.07, 6.45) is 2.53. The Bertz CT molecular complexity index is 906. The van der Waals surface area contributed by atoms with Gasteiger partial charge < -0.3 is 9.32 Å². The number of hydrogen-bond acceptors (Lipinski definition) is 7. The predicted octanol–water partition coefficient (Wildman–Crippen LogP) is 2.55. The third-order valence-corrected chi connectivity index (χ3v) is 4.67. The van der Waals surface area contributed by atoms with Crippen molar-refractivity contribution in [3.8, 4) is 11.5 Å². The van der Waals surface area contributed by atoms with E-state index in [0.717, 1.165) is 44.1 Å². The van der Waals surface area contributed by atoms with E-state index in [2.05, 4.69) is 43.0 Å². The zero-order valence-electron chi connectivity index (χ0n) is 15.2. The normalized spacial score (nSPS) is 15.3. The van der Waals surface area contributed by atoms with Gasteiger partial charge in [-0.2, -0.15) is 0 Å². The summed E-state index contributed by atoms with van der Waals surface area (Å²) in [5, 5.41) is 8.14. The van der Waals surface area contributed by atoms with Crippen LogP contribution in [0.5, 0.6) is 0 Å². The van der Waals surface area contributed by atoms with Crippen molar-refractivity contribution >= 4 is 5.82 Å². The quantitative estimate of drug-likeness (QED) is 0.685. The largest absolute Gasteiger partial charge is 0.419 e. The van der Waals surface area contributed by atoms with Crippen molar-refractivity contribution in [2.24, 2.45) is 0 Å². The maximum Gasteiger partial charge on any atom is 0.247 e. The van der Waals surface area contributed by atoms with E-state index in [9.17, 15) is 4.39 Å². The van der Waals surface area contributed by atoms with Gasteiger partial charge >= 0.3 is 0 Å². The predicted molar refractivity (Wildman–Crippen MR) is 98.6 cm³/mol. The van der Waals surface area contributed by atoms with E-state index < -0.39 is 0 Å². The van der Waals surface area contributed by atoms with Crippen LogP contribution in [0.1, 0.15) is 18.5 Å². The Morgan fingerprint density at radius 1 is 1.07 bits per heavy atom. The molecule has 0 amide bonds. The molecule has 0 radical (unpaired) electrons. The number of nitrogens with zero attached hydrogens (tertiary/aromatic N) is 6. The fourth-order valence-electron chi connectivity index (χ4n) is 3.13. The molecule has 2 aromatic heterocycles. The molecule has 140 valence electrons. The molecule has 0 aliphatic carbocycles. The smallest absolute Gasteiger partial charge is 0.247 e. The molecule has 1 aliphatic rings. The van der Waals surface area contributed by atoms with Crippen molar-refractivity contribution in [1.82, 2.24) is 25.1 Å². The highest BCUT2D eigenvalue weighted by Crippen LogP contribution is 2.20. The maximum absolute atomic E-state index is 13.3. The Morgan fingerprint density at radius 2 is 1.93 bits per heavy atom. The van der Waals surface area contributed by atoms with E-state index in [-0.39, 0.29) is 5.82 Å². The van der Waals surface area contributed by atoms with Gasteiger partial charge in [0.05, 0.1) is 6.54 Å². The van der Waals surface area contributed by atoms with Crippen LogP contribution in [-0.4, -0.2) is 51.2 Å². The lowest BCUT2D eigenvalue weighted by Crippen LogP contribution is -2.46. The van der Waals surface area contributed by atoms with Crippen molar-refractivity contribution in [1.29, 1.82) is 0 Å². The van der Waals surface area contributed by atoms with Crippen molar-refractivity contribution in [3.63, 3.8) is 0 Å². The topological polar surface area (TPSA) is 71.2 Å². The summed E-state index contributed by atoms with van der Waals surface area (Å²) in [7, 11) is 0. The van der Waals surface area contributed by atoms with E-state index in [4.69, 9.17) is 4.42 Å². The summed E-state index contributed by atoms with van der Waals surface area (Å²) in [5.74, 6) is 1.54. The van der Waals surface area contributed by atoms with Gasteiger partial charge in [-0.15, -0.1) is 10.2 Å². The Morgan fingerprint density at radius 3 is 2.70 bits per heavy atom. The van der Waals surface area contributed by atoms with Crippen LogP contribution >= 0.6 is 0 Å². The number of aryl methyl sites for hydroxylation is 1. The monoisotopic (exact) mass is 368 g/mol. The first-order valence-corrected chi connectivity index (χ1v) is 9.08. The molecule has 8 heteroatoms. The zero-order chi connectivity index (χ0) is 18.6. The van der Waals surface area contributed by atoms with Crippen LogP contribution in [-0.2, 0) is 13.0 Å². The Labute approximate surface area is 156 Å². The zero-order valence-corrected chi connectivity index (χ0v) is 15.2. The standard InChI is InChI=1S/C19H21FN6O/c1-2-16-11-17(22-13-21-16)26-8-6-25(7-9-26)12-18-23-24-19(27-18)14-4-3-5-15(20)10-14/h3-5,10-11,13H,2,6-9,12H2,1H3. The first-order valence-electron chi connectivity index (χ1n) is 9.08. The van der Waals surface area contributed by atoms with E-state index in [0.29, 0.717) is 23.9 Å². The molecule has 1 aliphatic heterocycles. The maximum atomic E-state index is 13.3. The molecule has 0 unspecified atom stereocenters. The van der Waals surface area contributed by atoms with Crippen LogP contribution in [0.15, 0.2) is 41.1 Å². The fourth-order valence-corrected chi connectivity index (χ4v) is 3.13. The molecule has 3 aromatic rings. The summed E-state index contributed by atoms with van der Waals surface area (Å²) in [6, 6.07) is 8.22. The van der Waals surface area contributed by atoms with Crippen molar-refractivity contribution in [3.05, 3.63) is 54.1 Å². The molecule has 1 saturated heterocycles. The first kappa shape index (κ1) is 17.5. The van der Waals surface area contributed by atoms with Gasteiger partial charge in [0.2, 0.25) is 11.8 Å². The molecule has 1 aromatic carbocycles. The van der Waals surface area contributed by atoms with Gasteiger partial charge in [-0.05, 0) is 24.6 Å². The minimum atomic E-state index is -0.320. The molecule has 0 N–H and O–H groups in total. The Kier molecular flexibility index (Phi) is 5.06. The van der Waals surface area contributed by atoms with E-state index in [1.807, 2.05) is 0 Å². The molecule has 0 spiro atoms. The van der Waals surface area contributed by atoms with E-state index in [1.165, 1.54) is 12.1 Å². The van der Waals surface area contributed by atoms with Crippen LogP contribution in [0.3, 0.4) is 0 Å². The highest BCUT2D eigenvalue weighted by Gasteiger charge is 2.20. The molecule has 7 nitrogen and oxygen atoms in total. The second-order valence-corrected chi connectivity index (χ2v) is 6.50. The number of halogens is 1. The molecule has 0 saturated carbocycles. The summed E-state index contributed by atoms with van der Waals surface area (Å²) >= 11 is 0. The van der Waals surface area contributed by atoms with Crippen molar-refractivity contribution < 1.29 is 8.81 Å². The SMILES string of the molecule is CCc1cc(N2CCN(Cc3nnc(-c4cccc(F)c4)o3)CC2)ncn1. The minimum absolute atomic E-state index is 0.320. The number of anilines is 1. The van der Waals surface area contributed by atoms with E-state index in [1.54, 1.807) is 18.5 Å². The van der Waals surface area contributed by atoms with Crippen LogP contribution < -0.4 is 4.90 Å². The van der Waals surface area contributed by atoms with Crippen LogP contribution in [0, 0.1) is 5.82 Å². The van der Waals surface area contributed by atoms with Gasteiger partial charge in [-0.3, -0.25) is 4.90 Å². The molecule has 1 fully saturated rings. The molecular weight excluding hydrogens is 347 g/mol. The van der Waals surface area contributed by atoms with Gasteiger partial charge in [0.1, 0.15) is 18.0 Å². The molecule has 27 heavy (non-hydrogen) atoms. The highest BCUT2D eigenvalue weighted by atomic mass is 19.1. The summed E-state index contributed by atoms with van der Waals surface area (Å²) in [5.41, 5.74) is 1.65. The molecule has 3 heterocycles. The van der Waals surface area contributed by atoms with Crippen LogP contribution in [0.4, 0.5) is 10.2 Å². The van der Waals surface area contributed by atoms with Gasteiger partial charge in [0, 0.05) is 43.5 Å². The Hall–Kier alpha value is -2.87. The molecule has 0 atom stereocenters. The second-order valence-electron chi connectivity index (χ2n) is 6.50. The van der Waals surface area contributed by atoms with Gasteiger partial charge in [-0.1, -0.05) is 13.0 Å². The molecular formula is C19H21FN6O. The van der Waals surface area contributed by atoms with Crippen LogP contribution in [0.25, 0.3) is 11.5 Å². The lowest BCUT2D eigenvalue weighted by Gasteiger charge is -2.34. The van der Waals surface area contributed by atoms with Gasteiger partial charge in [-0.25, -0.2) is 14.4 Å². The summed E-state index contributed by atoms with van der Waals surface area (Å²) in [4.78, 5) is 13.2. The van der Waals surface area contributed by atoms with E-state index >= 15 is 0 Å². The lowest BCUT2D eigenvalue weighted by molar-refractivity contribution is 0.226. The average molecular weight is 368 g/mol. The third-order valence-electron chi connectivity index (χ3n) is 4.67. The lowest BCUT2D eigenvalue weighted by atomic mass is 10.2. The third kappa shape index (κ3) is 4.11. The number of piperazine rings is 1. The number of rotatable bonds is 5. The first-order chi connectivity index (χ1) is 13.2. The Balaban J connectivity index is 1.35. The van der Waals surface area contributed by atoms with Crippen molar-refractivity contribution in [2.75, 3.05) is 31.1 Å².